The van der Waals surface area contributed by atoms with E-state index in [0.29, 0.717) is 18.9 Å². The molecule has 1 fully saturated rings. The van der Waals surface area contributed by atoms with E-state index in [1.807, 2.05) is 17.0 Å². The maximum absolute atomic E-state index is 11.5. The van der Waals surface area contributed by atoms with Crippen molar-refractivity contribution in [2.24, 2.45) is 5.92 Å². The topological polar surface area (TPSA) is 33.5 Å². The van der Waals surface area contributed by atoms with Crippen LogP contribution in [0.25, 0.3) is 0 Å². The first-order valence-corrected chi connectivity index (χ1v) is 4.71. The average molecular weight is 191 g/mol. The van der Waals surface area contributed by atoms with Gasteiger partial charge in [-0.25, -0.2) is 0 Å². The first-order chi connectivity index (χ1) is 6.79. The van der Waals surface area contributed by atoms with E-state index < -0.39 is 0 Å². The summed E-state index contributed by atoms with van der Waals surface area (Å²) in [5.41, 5.74) is 1.04. The van der Waals surface area contributed by atoms with Gasteiger partial charge >= 0.3 is 0 Å². The molecule has 0 radical (unpaired) electrons. The van der Waals surface area contributed by atoms with Crippen LogP contribution in [0.2, 0.25) is 0 Å². The second-order valence-corrected chi connectivity index (χ2v) is 3.61. The molecule has 14 heavy (non-hydrogen) atoms. The third kappa shape index (κ3) is 1.71. The minimum atomic E-state index is 0.205. The van der Waals surface area contributed by atoms with Crippen molar-refractivity contribution in [3.05, 3.63) is 36.8 Å². The number of hydrogen-bond donors (Lipinski definition) is 0. The Morgan fingerprint density at radius 3 is 3.14 bits per heavy atom. The summed E-state index contributed by atoms with van der Waals surface area (Å²) in [7, 11) is 0. The van der Waals surface area contributed by atoms with E-state index in [1.165, 1.54) is 0 Å². The second-order valence-electron chi connectivity index (χ2n) is 3.61. The maximum Gasteiger partial charge on any atom is 0.223 e. The molecule has 1 aliphatic rings. The molecule has 74 valence electrons. The Balaban J connectivity index is 1.99. The van der Waals surface area contributed by atoms with Crippen LogP contribution in [-0.4, -0.2) is 17.4 Å². The highest BCUT2D eigenvalue weighted by atomic mass is 16.3. The van der Waals surface area contributed by atoms with Gasteiger partial charge in [0.2, 0.25) is 5.91 Å². The van der Waals surface area contributed by atoms with Gasteiger partial charge in [0.05, 0.1) is 12.5 Å². The molecule has 0 bridgehead atoms. The summed E-state index contributed by atoms with van der Waals surface area (Å²) in [5.74, 6) is 0.519. The molecule has 0 saturated carbocycles. The van der Waals surface area contributed by atoms with Gasteiger partial charge in [0.25, 0.3) is 0 Å². The molecule has 0 spiro atoms. The van der Waals surface area contributed by atoms with E-state index in [2.05, 4.69) is 6.58 Å². The van der Waals surface area contributed by atoms with Crippen molar-refractivity contribution in [3.8, 4) is 0 Å². The summed E-state index contributed by atoms with van der Waals surface area (Å²) >= 11 is 0. The zero-order chi connectivity index (χ0) is 9.97. The molecule has 1 amide bonds. The lowest BCUT2D eigenvalue weighted by atomic mass is 10.1. The summed E-state index contributed by atoms with van der Waals surface area (Å²) in [6.07, 6.45) is 5.75. The van der Waals surface area contributed by atoms with Gasteiger partial charge in [-0.1, -0.05) is 6.08 Å². The van der Waals surface area contributed by atoms with Crippen LogP contribution in [0, 0.1) is 5.92 Å². The minimum Gasteiger partial charge on any atom is -0.472 e. The van der Waals surface area contributed by atoms with E-state index in [-0.39, 0.29) is 5.91 Å². The molecule has 2 rings (SSSR count). The zero-order valence-electron chi connectivity index (χ0n) is 7.98. The normalized spacial score (nSPS) is 21.6. The van der Waals surface area contributed by atoms with Crippen molar-refractivity contribution in [3.63, 3.8) is 0 Å². The number of carbonyl (C=O) groups excluding carboxylic acids is 1. The van der Waals surface area contributed by atoms with Gasteiger partial charge in [-0.3, -0.25) is 4.79 Å². The van der Waals surface area contributed by atoms with Crippen molar-refractivity contribution in [1.29, 1.82) is 0 Å². The lowest BCUT2D eigenvalue weighted by Crippen LogP contribution is -2.24. The van der Waals surface area contributed by atoms with Crippen LogP contribution in [0.4, 0.5) is 0 Å². The summed E-state index contributed by atoms with van der Waals surface area (Å²) in [6.45, 7) is 5.15. The molecule has 0 aromatic carbocycles. The molecule has 0 N–H and O–H groups in total. The lowest BCUT2D eigenvalue weighted by Gasteiger charge is -2.14. The number of rotatable bonds is 3. The van der Waals surface area contributed by atoms with Gasteiger partial charge in [0.15, 0.2) is 0 Å². The van der Waals surface area contributed by atoms with Crippen LogP contribution in [0.5, 0.6) is 0 Å². The highest BCUT2D eigenvalue weighted by Gasteiger charge is 2.27. The number of nitrogens with zero attached hydrogens (tertiary/aromatic N) is 1. The summed E-state index contributed by atoms with van der Waals surface area (Å²) < 4.78 is 4.96. The molecule has 1 aromatic heterocycles. The summed E-state index contributed by atoms with van der Waals surface area (Å²) in [6, 6.07) is 1.88. The van der Waals surface area contributed by atoms with Crippen LogP contribution < -0.4 is 0 Å². The fraction of sp³-hybridized carbons (Fsp3) is 0.364. The molecule has 1 aliphatic heterocycles. The fourth-order valence-corrected chi connectivity index (χ4v) is 1.72. The summed E-state index contributed by atoms with van der Waals surface area (Å²) in [4.78, 5) is 13.4. The molecular weight excluding hydrogens is 178 g/mol. The number of hydrogen-bond acceptors (Lipinski definition) is 2. The van der Waals surface area contributed by atoms with E-state index in [9.17, 15) is 4.79 Å². The van der Waals surface area contributed by atoms with Gasteiger partial charge in [-0.05, 0) is 6.07 Å². The molecule has 0 aliphatic carbocycles. The number of carbonyl (C=O) groups is 1. The Kier molecular flexibility index (Phi) is 2.39. The predicted octanol–water partition coefficient (Wildman–Crippen LogP) is 1.81. The molecule has 1 saturated heterocycles. The average Bonchev–Trinajstić information content (AvgIpc) is 2.78. The van der Waals surface area contributed by atoms with Gasteiger partial charge in [0, 0.05) is 31.0 Å². The smallest absolute Gasteiger partial charge is 0.223 e. The van der Waals surface area contributed by atoms with Gasteiger partial charge in [-0.15, -0.1) is 6.58 Å². The Morgan fingerprint density at radius 1 is 1.71 bits per heavy atom. The van der Waals surface area contributed by atoms with E-state index >= 15 is 0 Å². The minimum absolute atomic E-state index is 0.205. The first kappa shape index (κ1) is 9.06. The summed E-state index contributed by atoms with van der Waals surface area (Å²) in [5, 5.41) is 0. The Bertz CT molecular complexity index is 329. The Morgan fingerprint density at radius 2 is 2.57 bits per heavy atom. The van der Waals surface area contributed by atoms with Crippen molar-refractivity contribution in [2.75, 3.05) is 6.54 Å². The van der Waals surface area contributed by atoms with Gasteiger partial charge < -0.3 is 9.32 Å². The van der Waals surface area contributed by atoms with Crippen molar-refractivity contribution >= 4 is 5.91 Å². The molecule has 1 unspecified atom stereocenters. The quantitative estimate of drug-likeness (QED) is 0.683. The largest absolute Gasteiger partial charge is 0.472 e. The van der Waals surface area contributed by atoms with Crippen LogP contribution in [0.3, 0.4) is 0 Å². The molecule has 1 atom stereocenters. The molecular formula is C11H13NO2. The Labute approximate surface area is 83.0 Å². The van der Waals surface area contributed by atoms with E-state index in [4.69, 9.17) is 4.42 Å². The lowest BCUT2D eigenvalue weighted by molar-refractivity contribution is -0.128. The standard InChI is InChI=1S/C11H13NO2/c1-2-9-5-11(13)12(6-9)7-10-3-4-14-8-10/h2-4,8-9H,1,5-7H2. The van der Waals surface area contributed by atoms with Crippen molar-refractivity contribution in [2.45, 2.75) is 13.0 Å². The van der Waals surface area contributed by atoms with E-state index in [0.717, 1.165) is 12.1 Å². The van der Waals surface area contributed by atoms with Crippen LogP contribution in [0.15, 0.2) is 35.7 Å². The molecule has 1 aromatic rings. The third-order valence-electron chi connectivity index (χ3n) is 2.53. The zero-order valence-corrected chi connectivity index (χ0v) is 7.98. The third-order valence-corrected chi connectivity index (χ3v) is 2.53. The van der Waals surface area contributed by atoms with Crippen molar-refractivity contribution in [1.82, 2.24) is 4.90 Å². The number of furan rings is 1. The number of likely N-dealkylation sites (tertiary alicyclic amines) is 1. The van der Waals surface area contributed by atoms with E-state index in [1.54, 1.807) is 12.5 Å². The van der Waals surface area contributed by atoms with Crippen LogP contribution in [-0.2, 0) is 11.3 Å². The van der Waals surface area contributed by atoms with Gasteiger partial charge in [0.1, 0.15) is 0 Å². The predicted molar refractivity (Wildman–Crippen MR) is 52.4 cm³/mol. The van der Waals surface area contributed by atoms with Gasteiger partial charge in [-0.2, -0.15) is 0 Å². The monoisotopic (exact) mass is 191 g/mol. The highest BCUT2D eigenvalue weighted by Crippen LogP contribution is 2.20. The van der Waals surface area contributed by atoms with Crippen LogP contribution in [0.1, 0.15) is 12.0 Å². The highest BCUT2D eigenvalue weighted by molar-refractivity contribution is 5.78. The maximum atomic E-state index is 11.5. The van der Waals surface area contributed by atoms with Crippen molar-refractivity contribution < 1.29 is 9.21 Å². The number of amides is 1. The first-order valence-electron chi connectivity index (χ1n) is 4.71. The fourth-order valence-electron chi connectivity index (χ4n) is 1.72. The molecule has 3 heteroatoms. The SMILES string of the molecule is C=CC1CC(=O)N(Cc2ccoc2)C1. The molecule has 2 heterocycles. The Hall–Kier alpha value is -1.51. The van der Waals surface area contributed by atoms with Crippen LogP contribution >= 0.6 is 0 Å². The second kappa shape index (κ2) is 3.70. The molecule has 3 nitrogen and oxygen atoms in total.